The first-order chi connectivity index (χ1) is 3.84. The molecule has 0 saturated carbocycles. The number of nitrogens with zero attached hydrogens (tertiary/aromatic N) is 1. The van der Waals surface area contributed by atoms with Gasteiger partial charge in [0.15, 0.2) is 0 Å². The zero-order chi connectivity index (χ0) is 5.98. The van der Waals surface area contributed by atoms with E-state index in [0.717, 1.165) is 6.54 Å². The molecule has 0 aromatic carbocycles. The molecule has 1 rings (SSSR count). The van der Waals surface area contributed by atoms with E-state index in [1.165, 1.54) is 5.69 Å². The molecule has 1 aromatic heterocycles. The fourth-order valence-electron chi connectivity index (χ4n) is 0.773. The Morgan fingerprint density at radius 3 is 2.75 bits per heavy atom. The van der Waals surface area contributed by atoms with Crippen molar-refractivity contribution in [2.24, 2.45) is 0 Å². The first-order valence-corrected chi connectivity index (χ1v) is 2.87. The highest BCUT2D eigenvalue weighted by molar-refractivity contribution is 4.79. The van der Waals surface area contributed by atoms with Crippen LogP contribution in [0.5, 0.6) is 0 Å². The second-order valence-corrected chi connectivity index (χ2v) is 1.87. The molecule has 0 bridgehead atoms. The summed E-state index contributed by atoms with van der Waals surface area (Å²) in [5.74, 6) is 0. The minimum absolute atomic E-state index is 1.05. The molecule has 2 nitrogen and oxygen atoms in total. The highest BCUT2D eigenvalue weighted by atomic mass is 15.0. The summed E-state index contributed by atoms with van der Waals surface area (Å²) in [6, 6.07) is 0. The van der Waals surface area contributed by atoms with Gasteiger partial charge >= 0.3 is 0 Å². The predicted octanol–water partition coefficient (Wildman–Crippen LogP) is 0.631. The molecule has 0 saturated heterocycles. The highest BCUT2D eigenvalue weighted by Gasteiger charge is 1.96. The second kappa shape index (κ2) is 1.99. The van der Waals surface area contributed by atoms with Crippen molar-refractivity contribution < 1.29 is 4.57 Å². The smallest absolute Gasteiger partial charge is 0.241 e. The normalized spacial score (nSPS) is 9.75. The number of rotatable bonds is 1. The molecule has 8 heavy (non-hydrogen) atoms. The average Bonchev–Trinajstić information content (AvgIpc) is 2.14. The first kappa shape index (κ1) is 5.35. The van der Waals surface area contributed by atoms with Gasteiger partial charge in [-0.05, 0) is 6.92 Å². The minimum Gasteiger partial charge on any atom is -0.250 e. The van der Waals surface area contributed by atoms with Crippen LogP contribution >= 0.6 is 0 Å². The zero-order valence-electron chi connectivity index (χ0n) is 5.31. The summed E-state index contributed by atoms with van der Waals surface area (Å²) in [5.41, 5.74) is 1.28. The molecular formula is C6H11N2+. The Morgan fingerprint density at radius 2 is 2.50 bits per heavy atom. The monoisotopic (exact) mass is 111 g/mol. The molecule has 1 heterocycles. The van der Waals surface area contributed by atoms with Gasteiger partial charge in [-0.1, -0.05) is 0 Å². The van der Waals surface area contributed by atoms with Gasteiger partial charge in [0.25, 0.3) is 0 Å². The van der Waals surface area contributed by atoms with Gasteiger partial charge in [0.2, 0.25) is 6.33 Å². The van der Waals surface area contributed by atoms with Crippen molar-refractivity contribution in [3.63, 3.8) is 0 Å². The minimum atomic E-state index is 1.05. The molecule has 0 aliphatic carbocycles. The van der Waals surface area contributed by atoms with E-state index in [9.17, 15) is 0 Å². The number of nitrogens with one attached hydrogen (secondary N) is 1. The topological polar surface area (TPSA) is 19.7 Å². The van der Waals surface area contributed by atoms with E-state index in [0.29, 0.717) is 0 Å². The van der Waals surface area contributed by atoms with Crippen molar-refractivity contribution in [1.29, 1.82) is 0 Å². The fourth-order valence-corrected chi connectivity index (χ4v) is 0.773. The summed E-state index contributed by atoms with van der Waals surface area (Å²) in [4.78, 5) is 3.01. The van der Waals surface area contributed by atoms with Crippen LogP contribution in [0.25, 0.3) is 0 Å². The Labute approximate surface area is 49.2 Å². The quantitative estimate of drug-likeness (QED) is 0.513. The molecule has 2 heteroatoms. The van der Waals surface area contributed by atoms with Crippen molar-refractivity contribution in [2.75, 3.05) is 0 Å². The van der Waals surface area contributed by atoms with E-state index < -0.39 is 0 Å². The Kier molecular flexibility index (Phi) is 1.33. The second-order valence-electron chi connectivity index (χ2n) is 1.87. The Bertz CT molecular complexity index is 167. The maximum atomic E-state index is 3.01. The Hall–Kier alpha value is -0.790. The number of hydrogen-bond donors (Lipinski definition) is 1. The van der Waals surface area contributed by atoms with Crippen LogP contribution in [0.2, 0.25) is 0 Å². The number of H-pyrrole nitrogens is 1. The Morgan fingerprint density at radius 1 is 1.75 bits per heavy atom. The third-order valence-electron chi connectivity index (χ3n) is 1.32. The highest BCUT2D eigenvalue weighted by Crippen LogP contribution is 1.81. The predicted molar refractivity (Wildman–Crippen MR) is 31.4 cm³/mol. The van der Waals surface area contributed by atoms with Gasteiger partial charge in [-0.2, -0.15) is 0 Å². The molecule has 1 N–H and O–H groups in total. The molecule has 0 radical (unpaired) electrons. The van der Waals surface area contributed by atoms with Crippen LogP contribution in [-0.4, -0.2) is 4.98 Å². The van der Waals surface area contributed by atoms with Crippen LogP contribution in [0.1, 0.15) is 12.6 Å². The first-order valence-electron chi connectivity index (χ1n) is 2.87. The summed E-state index contributed by atoms with van der Waals surface area (Å²) in [5, 5.41) is 0. The third kappa shape index (κ3) is 0.735. The lowest BCUT2D eigenvalue weighted by molar-refractivity contribution is -0.697. The van der Waals surface area contributed by atoms with Gasteiger partial charge in [-0.15, -0.1) is 0 Å². The van der Waals surface area contributed by atoms with E-state index in [1.807, 2.05) is 12.5 Å². The van der Waals surface area contributed by atoms with E-state index in [1.54, 1.807) is 0 Å². The molecule has 1 aromatic rings. The van der Waals surface area contributed by atoms with Crippen molar-refractivity contribution in [3.8, 4) is 0 Å². The van der Waals surface area contributed by atoms with Gasteiger partial charge in [-0.3, -0.25) is 0 Å². The molecule has 0 atom stereocenters. The summed E-state index contributed by atoms with van der Waals surface area (Å²) in [6.07, 6.45) is 3.96. The summed E-state index contributed by atoms with van der Waals surface area (Å²) in [7, 11) is 0. The number of aromatic amines is 1. The SMILES string of the molecule is CC[n+]1c[nH]cc1C. The van der Waals surface area contributed by atoms with Crippen LogP contribution in [0, 0.1) is 6.92 Å². The molecule has 0 spiro atoms. The number of hydrogen-bond acceptors (Lipinski definition) is 0. The number of aryl methyl sites for hydroxylation is 2. The van der Waals surface area contributed by atoms with Crippen LogP contribution in [0.3, 0.4) is 0 Å². The van der Waals surface area contributed by atoms with Crippen LogP contribution < -0.4 is 4.57 Å². The molecule has 0 aliphatic heterocycles. The maximum Gasteiger partial charge on any atom is 0.241 e. The van der Waals surface area contributed by atoms with Gasteiger partial charge in [0.1, 0.15) is 11.9 Å². The van der Waals surface area contributed by atoms with E-state index in [-0.39, 0.29) is 0 Å². The lowest BCUT2D eigenvalue weighted by Gasteiger charge is -1.86. The molecule has 0 unspecified atom stereocenters. The van der Waals surface area contributed by atoms with Crippen molar-refractivity contribution in [2.45, 2.75) is 20.4 Å². The zero-order valence-corrected chi connectivity index (χ0v) is 5.31. The standard InChI is InChI=1S/C6H10N2/c1-3-8-5-7-4-6(8)2/h4-5H,3H2,1-2H3/p+1. The maximum absolute atomic E-state index is 3.01. The van der Waals surface area contributed by atoms with E-state index in [2.05, 4.69) is 23.4 Å². The third-order valence-corrected chi connectivity index (χ3v) is 1.32. The summed E-state index contributed by atoms with van der Waals surface area (Å²) in [6.45, 7) is 5.26. The van der Waals surface area contributed by atoms with Crippen LogP contribution in [0.15, 0.2) is 12.5 Å². The van der Waals surface area contributed by atoms with Gasteiger partial charge < -0.3 is 0 Å². The number of imidazole rings is 1. The lowest BCUT2D eigenvalue weighted by Crippen LogP contribution is -2.32. The van der Waals surface area contributed by atoms with Gasteiger partial charge in [0, 0.05) is 6.92 Å². The van der Waals surface area contributed by atoms with Crippen LogP contribution in [-0.2, 0) is 6.54 Å². The molecule has 44 valence electrons. The molecule has 0 fully saturated rings. The van der Waals surface area contributed by atoms with Gasteiger partial charge in [0.05, 0.1) is 6.54 Å². The van der Waals surface area contributed by atoms with Crippen molar-refractivity contribution in [1.82, 2.24) is 4.98 Å². The summed E-state index contributed by atoms with van der Waals surface area (Å²) < 4.78 is 2.15. The summed E-state index contributed by atoms with van der Waals surface area (Å²) >= 11 is 0. The largest absolute Gasteiger partial charge is 0.250 e. The molecule has 0 aliphatic rings. The van der Waals surface area contributed by atoms with E-state index >= 15 is 0 Å². The van der Waals surface area contributed by atoms with Gasteiger partial charge in [-0.25, -0.2) is 9.55 Å². The van der Waals surface area contributed by atoms with Crippen molar-refractivity contribution in [3.05, 3.63) is 18.2 Å². The van der Waals surface area contributed by atoms with Crippen molar-refractivity contribution >= 4 is 0 Å². The fraction of sp³-hybridized carbons (Fsp3) is 0.500. The van der Waals surface area contributed by atoms with Crippen LogP contribution in [0.4, 0.5) is 0 Å². The van der Waals surface area contributed by atoms with E-state index in [4.69, 9.17) is 0 Å². The molecule has 0 amide bonds. The lowest BCUT2D eigenvalue weighted by atomic mass is 10.5. The molecular weight excluding hydrogens is 100 g/mol. The Balaban J connectivity index is 2.92. The average molecular weight is 111 g/mol. The number of aromatic nitrogens is 2.